The van der Waals surface area contributed by atoms with Gasteiger partial charge in [0, 0.05) is 72.7 Å². The maximum absolute atomic E-state index is 5.59. The topological polar surface area (TPSA) is 50.5 Å². The zero-order chi connectivity index (χ0) is 12.3. The number of rotatable bonds is 9. The summed E-state index contributed by atoms with van der Waals surface area (Å²) in [5, 5.41) is 5.25. The SMILES string of the molecule is CCON(CCNCCN)Cc1ccccc1.[Gd]. The van der Waals surface area contributed by atoms with Gasteiger partial charge in [-0.3, -0.25) is 4.84 Å². The van der Waals surface area contributed by atoms with E-state index in [9.17, 15) is 0 Å². The average molecular weight is 395 g/mol. The number of benzene rings is 1. The maximum Gasteiger partial charge on any atom is 0.0657 e. The van der Waals surface area contributed by atoms with Gasteiger partial charge < -0.3 is 11.1 Å². The zero-order valence-electron chi connectivity index (χ0n) is 10.9. The Morgan fingerprint density at radius 2 is 1.94 bits per heavy atom. The summed E-state index contributed by atoms with van der Waals surface area (Å²) in [7, 11) is 0. The first-order valence-electron chi connectivity index (χ1n) is 6.19. The van der Waals surface area contributed by atoms with Gasteiger partial charge >= 0.3 is 0 Å². The van der Waals surface area contributed by atoms with Gasteiger partial charge in [0.05, 0.1) is 6.61 Å². The molecule has 0 aliphatic rings. The smallest absolute Gasteiger partial charge is 0.0657 e. The van der Waals surface area contributed by atoms with E-state index in [0.717, 1.165) is 26.2 Å². The molecule has 0 spiro atoms. The average Bonchev–Trinajstić information content (AvgIpc) is 2.36. The van der Waals surface area contributed by atoms with Crippen molar-refractivity contribution in [3.63, 3.8) is 0 Å². The molecule has 5 heteroatoms. The number of hydroxylamine groups is 2. The van der Waals surface area contributed by atoms with Gasteiger partial charge in [0.2, 0.25) is 0 Å². The molecule has 104 valence electrons. The molecular weight excluding hydrogens is 371 g/mol. The second kappa shape index (κ2) is 12.4. The summed E-state index contributed by atoms with van der Waals surface area (Å²) < 4.78 is 0. The molecule has 0 saturated carbocycles. The summed E-state index contributed by atoms with van der Waals surface area (Å²) in [4.78, 5) is 5.59. The minimum absolute atomic E-state index is 0. The minimum atomic E-state index is 0. The van der Waals surface area contributed by atoms with Gasteiger partial charge in [0.25, 0.3) is 0 Å². The molecular formula is C13H23GdN3O. The second-order valence-corrected chi connectivity index (χ2v) is 3.81. The number of hydrogen-bond donors (Lipinski definition) is 2. The number of nitrogens with one attached hydrogen (secondary N) is 1. The number of nitrogens with zero attached hydrogens (tertiary/aromatic N) is 1. The monoisotopic (exact) mass is 395 g/mol. The molecule has 1 aromatic carbocycles. The van der Waals surface area contributed by atoms with Gasteiger partial charge in [-0.1, -0.05) is 30.3 Å². The Kier molecular flexibility index (Phi) is 12.7. The summed E-state index contributed by atoms with van der Waals surface area (Å²) in [6.45, 7) is 6.80. The van der Waals surface area contributed by atoms with E-state index in [1.165, 1.54) is 5.56 Å². The third-order valence-corrected chi connectivity index (χ3v) is 2.37. The first-order chi connectivity index (χ1) is 8.36. The van der Waals surface area contributed by atoms with E-state index in [-0.39, 0.29) is 39.9 Å². The van der Waals surface area contributed by atoms with Crippen molar-refractivity contribution in [1.29, 1.82) is 0 Å². The van der Waals surface area contributed by atoms with Gasteiger partial charge in [-0.2, -0.15) is 5.06 Å². The Labute approximate surface area is 142 Å². The van der Waals surface area contributed by atoms with Crippen LogP contribution in [-0.4, -0.2) is 37.8 Å². The van der Waals surface area contributed by atoms with Crippen LogP contribution in [0, 0.1) is 39.9 Å². The van der Waals surface area contributed by atoms with Gasteiger partial charge in [-0.15, -0.1) is 0 Å². The first kappa shape index (κ1) is 18.4. The molecule has 0 unspecified atom stereocenters. The first-order valence-corrected chi connectivity index (χ1v) is 6.19. The molecule has 0 aliphatic heterocycles. The molecule has 0 saturated heterocycles. The maximum atomic E-state index is 5.59. The molecule has 0 bridgehead atoms. The fraction of sp³-hybridized carbons (Fsp3) is 0.538. The van der Waals surface area contributed by atoms with Crippen molar-refractivity contribution in [2.75, 3.05) is 32.8 Å². The van der Waals surface area contributed by atoms with Crippen molar-refractivity contribution >= 4 is 0 Å². The van der Waals surface area contributed by atoms with Gasteiger partial charge in [-0.05, 0) is 12.5 Å². The van der Waals surface area contributed by atoms with E-state index in [0.29, 0.717) is 13.2 Å². The van der Waals surface area contributed by atoms with Crippen molar-refractivity contribution in [2.24, 2.45) is 5.73 Å². The van der Waals surface area contributed by atoms with Crippen molar-refractivity contribution in [1.82, 2.24) is 10.4 Å². The Morgan fingerprint density at radius 1 is 1.22 bits per heavy atom. The summed E-state index contributed by atoms with van der Waals surface area (Å²) >= 11 is 0. The quantitative estimate of drug-likeness (QED) is 0.484. The van der Waals surface area contributed by atoms with E-state index >= 15 is 0 Å². The van der Waals surface area contributed by atoms with Crippen LogP contribution in [0.2, 0.25) is 0 Å². The standard InChI is InChI=1S/C13H23N3O.Gd/c1-2-17-16(11-10-15-9-8-14)12-13-6-4-3-5-7-13;/h3-7,15H,2,8-12,14H2,1H3;. The molecule has 0 radical (unpaired) electrons. The van der Waals surface area contributed by atoms with E-state index in [1.807, 2.05) is 30.2 Å². The molecule has 0 aliphatic carbocycles. The number of hydrogen-bond acceptors (Lipinski definition) is 4. The van der Waals surface area contributed by atoms with E-state index < -0.39 is 0 Å². The zero-order valence-corrected chi connectivity index (χ0v) is 13.2. The van der Waals surface area contributed by atoms with Crippen LogP contribution >= 0.6 is 0 Å². The Balaban J connectivity index is 0.00000289. The predicted octanol–water partition coefficient (Wildman–Crippen LogP) is 0.988. The van der Waals surface area contributed by atoms with Crippen LogP contribution < -0.4 is 11.1 Å². The minimum Gasteiger partial charge on any atom is -0.329 e. The van der Waals surface area contributed by atoms with Crippen LogP contribution in [0.15, 0.2) is 30.3 Å². The fourth-order valence-corrected chi connectivity index (χ4v) is 1.59. The molecule has 1 rings (SSSR count). The molecule has 4 nitrogen and oxygen atoms in total. The van der Waals surface area contributed by atoms with Crippen molar-refractivity contribution in [3.05, 3.63) is 35.9 Å². The molecule has 3 N–H and O–H groups in total. The molecule has 18 heavy (non-hydrogen) atoms. The molecule has 0 heterocycles. The number of nitrogens with two attached hydrogens (primary N) is 1. The summed E-state index contributed by atoms with van der Waals surface area (Å²) in [5.41, 5.74) is 6.68. The van der Waals surface area contributed by atoms with Gasteiger partial charge in [0.1, 0.15) is 0 Å². The second-order valence-electron chi connectivity index (χ2n) is 3.81. The van der Waals surface area contributed by atoms with Gasteiger partial charge in [-0.25, -0.2) is 0 Å². The summed E-state index contributed by atoms with van der Waals surface area (Å²) in [6.07, 6.45) is 0. The third kappa shape index (κ3) is 8.48. The summed E-state index contributed by atoms with van der Waals surface area (Å²) in [6, 6.07) is 10.3. The molecule has 0 aromatic heterocycles. The molecule has 0 fully saturated rings. The summed E-state index contributed by atoms with van der Waals surface area (Å²) in [5.74, 6) is 0. The van der Waals surface area contributed by atoms with E-state index in [2.05, 4.69) is 17.4 Å². The molecule has 0 atom stereocenters. The van der Waals surface area contributed by atoms with E-state index in [1.54, 1.807) is 0 Å². The van der Waals surface area contributed by atoms with Crippen LogP contribution in [-0.2, 0) is 11.4 Å². The Bertz CT molecular complexity index is 285. The van der Waals surface area contributed by atoms with Crippen LogP contribution in [0.1, 0.15) is 12.5 Å². The fourth-order valence-electron chi connectivity index (χ4n) is 1.59. The Hall–Kier alpha value is 0.385. The third-order valence-electron chi connectivity index (χ3n) is 2.37. The van der Waals surface area contributed by atoms with Crippen LogP contribution in [0.3, 0.4) is 0 Å². The molecule has 1 aromatic rings. The van der Waals surface area contributed by atoms with Crippen LogP contribution in [0.25, 0.3) is 0 Å². The van der Waals surface area contributed by atoms with E-state index in [4.69, 9.17) is 10.6 Å². The van der Waals surface area contributed by atoms with Crippen LogP contribution in [0.5, 0.6) is 0 Å². The van der Waals surface area contributed by atoms with Gasteiger partial charge in [0.15, 0.2) is 0 Å². The Morgan fingerprint density at radius 3 is 2.56 bits per heavy atom. The predicted molar refractivity (Wildman–Crippen MR) is 70.4 cm³/mol. The normalized spacial score (nSPS) is 10.4. The largest absolute Gasteiger partial charge is 0.329 e. The van der Waals surface area contributed by atoms with Crippen LogP contribution in [0.4, 0.5) is 0 Å². The molecule has 0 amide bonds. The van der Waals surface area contributed by atoms with Crippen molar-refractivity contribution in [2.45, 2.75) is 13.5 Å². The van der Waals surface area contributed by atoms with Crippen molar-refractivity contribution in [3.8, 4) is 0 Å². The van der Waals surface area contributed by atoms with Crippen molar-refractivity contribution < 1.29 is 44.8 Å².